The highest BCUT2D eigenvalue weighted by Crippen LogP contribution is 2.30. The summed E-state index contributed by atoms with van der Waals surface area (Å²) in [5.74, 6) is 2.29. The molecule has 2 N–H and O–H groups in total. The molecule has 0 amide bonds. The van der Waals surface area contributed by atoms with E-state index in [0.29, 0.717) is 5.95 Å². The van der Waals surface area contributed by atoms with Gasteiger partial charge in [-0.25, -0.2) is 9.97 Å². The molecule has 0 radical (unpaired) electrons. The van der Waals surface area contributed by atoms with Gasteiger partial charge >= 0.3 is 0 Å². The average Bonchev–Trinajstić information content (AvgIpc) is 2.89. The summed E-state index contributed by atoms with van der Waals surface area (Å²) in [4.78, 5) is 8.88. The Labute approximate surface area is 117 Å². The van der Waals surface area contributed by atoms with Crippen LogP contribution in [0.15, 0.2) is 22.7 Å². The third-order valence-corrected chi connectivity index (χ3v) is 3.72. The summed E-state index contributed by atoms with van der Waals surface area (Å²) >= 11 is 0. The van der Waals surface area contributed by atoms with Gasteiger partial charge in [-0.3, -0.25) is 4.57 Å². The molecular weight excluding hydrogens is 252 g/mol. The number of fused-ring (bicyclic) bond motifs is 1. The van der Waals surface area contributed by atoms with Crippen molar-refractivity contribution in [2.45, 2.75) is 33.7 Å². The molecule has 104 valence electrons. The zero-order valence-corrected chi connectivity index (χ0v) is 12.1. The largest absolute Gasteiger partial charge is 0.466 e. The Bertz CT molecular complexity index is 785. The minimum atomic E-state index is 0.0340. The smallest absolute Gasteiger partial charge is 0.203 e. The van der Waals surface area contributed by atoms with Crippen LogP contribution < -0.4 is 5.73 Å². The second-order valence-electron chi connectivity index (χ2n) is 5.18. The van der Waals surface area contributed by atoms with Crippen LogP contribution in [-0.4, -0.2) is 14.5 Å². The van der Waals surface area contributed by atoms with Crippen LogP contribution in [0.3, 0.4) is 0 Å². The highest BCUT2D eigenvalue weighted by Gasteiger charge is 2.20. The first-order valence-corrected chi connectivity index (χ1v) is 6.65. The number of nitrogen functional groups attached to an aromatic ring is 1. The van der Waals surface area contributed by atoms with Gasteiger partial charge in [-0.15, -0.1) is 0 Å². The number of hydrogen-bond acceptors (Lipinski definition) is 4. The van der Waals surface area contributed by atoms with Gasteiger partial charge in [0.05, 0.1) is 6.04 Å². The van der Waals surface area contributed by atoms with Crippen LogP contribution in [0.5, 0.6) is 0 Å². The maximum Gasteiger partial charge on any atom is 0.203 e. The quantitative estimate of drug-likeness (QED) is 0.776. The van der Waals surface area contributed by atoms with Crippen LogP contribution >= 0.6 is 0 Å². The van der Waals surface area contributed by atoms with Crippen LogP contribution in [0.1, 0.15) is 35.6 Å². The summed E-state index contributed by atoms with van der Waals surface area (Å²) in [5.41, 5.74) is 9.95. The lowest BCUT2D eigenvalue weighted by molar-refractivity contribution is 0.495. The number of pyridine rings is 1. The van der Waals surface area contributed by atoms with E-state index >= 15 is 0 Å². The monoisotopic (exact) mass is 270 g/mol. The van der Waals surface area contributed by atoms with Crippen molar-refractivity contribution in [2.75, 3.05) is 5.73 Å². The van der Waals surface area contributed by atoms with Crippen molar-refractivity contribution in [3.8, 4) is 0 Å². The molecule has 20 heavy (non-hydrogen) atoms. The van der Waals surface area contributed by atoms with E-state index in [2.05, 4.69) is 16.9 Å². The van der Waals surface area contributed by atoms with E-state index in [4.69, 9.17) is 10.2 Å². The van der Waals surface area contributed by atoms with E-state index in [1.807, 2.05) is 37.5 Å². The van der Waals surface area contributed by atoms with Gasteiger partial charge in [0.25, 0.3) is 0 Å². The summed E-state index contributed by atoms with van der Waals surface area (Å²) in [6.45, 7) is 8.01. The summed E-state index contributed by atoms with van der Waals surface area (Å²) in [5, 5.41) is 0. The molecule has 0 aliphatic heterocycles. The normalized spacial score (nSPS) is 13.0. The minimum Gasteiger partial charge on any atom is -0.466 e. The van der Waals surface area contributed by atoms with Crippen molar-refractivity contribution in [2.24, 2.45) is 0 Å². The Hall–Kier alpha value is -2.30. The highest BCUT2D eigenvalue weighted by molar-refractivity contribution is 5.77. The number of nitrogens with zero attached hydrogens (tertiary/aromatic N) is 3. The summed E-state index contributed by atoms with van der Waals surface area (Å²) in [6, 6.07) is 4.02. The SMILES string of the molecule is Cc1cc(C(C)n2c(N)nc3c(C)ccnc32)c(C)o1. The topological polar surface area (TPSA) is 69.9 Å². The number of rotatable bonds is 2. The fraction of sp³-hybridized carbons (Fsp3) is 0.333. The van der Waals surface area contributed by atoms with Crippen molar-refractivity contribution in [1.29, 1.82) is 0 Å². The van der Waals surface area contributed by atoms with Crippen LogP contribution in [-0.2, 0) is 0 Å². The second-order valence-corrected chi connectivity index (χ2v) is 5.18. The van der Waals surface area contributed by atoms with E-state index in [9.17, 15) is 0 Å². The van der Waals surface area contributed by atoms with E-state index in [-0.39, 0.29) is 6.04 Å². The van der Waals surface area contributed by atoms with Gasteiger partial charge < -0.3 is 10.2 Å². The molecule has 1 atom stereocenters. The fourth-order valence-electron chi connectivity index (χ4n) is 2.71. The maximum atomic E-state index is 6.10. The van der Waals surface area contributed by atoms with Crippen molar-refractivity contribution in [1.82, 2.24) is 14.5 Å². The molecule has 1 unspecified atom stereocenters. The van der Waals surface area contributed by atoms with Gasteiger partial charge in [0.1, 0.15) is 17.0 Å². The number of nitrogens with two attached hydrogens (primary N) is 1. The van der Waals surface area contributed by atoms with Crippen LogP contribution in [0.25, 0.3) is 11.2 Å². The van der Waals surface area contributed by atoms with Crippen molar-refractivity contribution in [3.05, 3.63) is 41.0 Å². The molecule has 0 bridgehead atoms. The summed E-state index contributed by atoms with van der Waals surface area (Å²) < 4.78 is 7.57. The first-order valence-electron chi connectivity index (χ1n) is 6.65. The molecule has 0 aliphatic carbocycles. The lowest BCUT2D eigenvalue weighted by Crippen LogP contribution is -2.11. The lowest BCUT2D eigenvalue weighted by Gasteiger charge is -2.14. The Morgan fingerprint density at radius 3 is 2.70 bits per heavy atom. The molecule has 0 aliphatic rings. The molecule has 5 nitrogen and oxygen atoms in total. The van der Waals surface area contributed by atoms with Gasteiger partial charge in [-0.1, -0.05) is 0 Å². The Morgan fingerprint density at radius 1 is 1.30 bits per heavy atom. The van der Waals surface area contributed by atoms with Crippen LogP contribution in [0.4, 0.5) is 5.95 Å². The lowest BCUT2D eigenvalue weighted by atomic mass is 10.1. The molecule has 3 rings (SSSR count). The van der Waals surface area contributed by atoms with Gasteiger partial charge in [0.15, 0.2) is 5.65 Å². The highest BCUT2D eigenvalue weighted by atomic mass is 16.3. The number of hydrogen-bond donors (Lipinski definition) is 1. The van der Waals surface area contributed by atoms with E-state index in [1.165, 1.54) is 0 Å². The number of anilines is 1. The molecule has 3 heterocycles. The Balaban J connectivity index is 2.21. The van der Waals surface area contributed by atoms with E-state index < -0.39 is 0 Å². The van der Waals surface area contributed by atoms with E-state index in [1.54, 1.807) is 6.20 Å². The van der Waals surface area contributed by atoms with Crippen LogP contribution in [0, 0.1) is 20.8 Å². The van der Waals surface area contributed by atoms with Gasteiger partial charge in [-0.05, 0) is 45.4 Å². The standard InChI is InChI=1S/C15H18N4O/c1-8-5-6-17-14-13(8)18-15(16)19(14)10(3)12-7-9(2)20-11(12)4/h5-7,10H,1-4H3,(H2,16,18). The summed E-state index contributed by atoms with van der Waals surface area (Å²) in [7, 11) is 0. The molecule has 0 fully saturated rings. The Kier molecular flexibility index (Phi) is 2.78. The zero-order valence-electron chi connectivity index (χ0n) is 12.1. The average molecular weight is 270 g/mol. The zero-order chi connectivity index (χ0) is 14.4. The number of furan rings is 1. The number of imidazole rings is 1. The van der Waals surface area contributed by atoms with Crippen molar-refractivity contribution in [3.63, 3.8) is 0 Å². The third kappa shape index (κ3) is 1.78. The van der Waals surface area contributed by atoms with Gasteiger partial charge in [0.2, 0.25) is 5.95 Å². The molecule has 3 aromatic heterocycles. The van der Waals surface area contributed by atoms with Crippen molar-refractivity contribution < 1.29 is 4.42 Å². The molecule has 0 aromatic carbocycles. The molecule has 0 saturated carbocycles. The third-order valence-electron chi connectivity index (χ3n) is 3.72. The molecule has 5 heteroatoms. The van der Waals surface area contributed by atoms with Gasteiger partial charge in [0, 0.05) is 11.8 Å². The molecule has 0 spiro atoms. The second kappa shape index (κ2) is 4.37. The maximum absolute atomic E-state index is 6.10. The predicted molar refractivity (Wildman–Crippen MR) is 78.7 cm³/mol. The molecule has 0 saturated heterocycles. The fourth-order valence-corrected chi connectivity index (χ4v) is 2.71. The number of aryl methyl sites for hydroxylation is 3. The minimum absolute atomic E-state index is 0.0340. The van der Waals surface area contributed by atoms with Gasteiger partial charge in [-0.2, -0.15) is 0 Å². The molecule has 3 aromatic rings. The predicted octanol–water partition coefficient (Wildman–Crippen LogP) is 3.14. The van der Waals surface area contributed by atoms with Crippen molar-refractivity contribution >= 4 is 17.1 Å². The Morgan fingerprint density at radius 2 is 2.05 bits per heavy atom. The first-order chi connectivity index (χ1) is 9.49. The van der Waals surface area contributed by atoms with Crippen LogP contribution in [0.2, 0.25) is 0 Å². The van der Waals surface area contributed by atoms with E-state index in [0.717, 1.165) is 33.8 Å². The first kappa shape index (κ1) is 12.7. The number of aromatic nitrogens is 3. The molecular formula is C15H18N4O. The summed E-state index contributed by atoms with van der Waals surface area (Å²) in [6.07, 6.45) is 1.79.